The van der Waals surface area contributed by atoms with Gasteiger partial charge in [-0.25, -0.2) is 0 Å². The highest BCUT2D eigenvalue weighted by atomic mass is 15.1. The Balaban J connectivity index is 1.77. The van der Waals surface area contributed by atoms with Crippen molar-refractivity contribution in [3.63, 3.8) is 0 Å². The number of piperidine rings is 1. The minimum absolute atomic E-state index is 0.711. The maximum absolute atomic E-state index is 5.74. The van der Waals surface area contributed by atoms with Gasteiger partial charge in [-0.2, -0.15) is 0 Å². The van der Waals surface area contributed by atoms with Crippen LogP contribution < -0.4 is 5.73 Å². The summed E-state index contributed by atoms with van der Waals surface area (Å²) < 4.78 is 0. The molecule has 88 valence electrons. The van der Waals surface area contributed by atoms with Crippen molar-refractivity contribution in [2.24, 2.45) is 11.7 Å². The number of hydrogen-bond donors (Lipinski definition) is 1. The summed E-state index contributed by atoms with van der Waals surface area (Å²) in [5.41, 5.74) is 7.07. The van der Waals surface area contributed by atoms with Gasteiger partial charge in [-0.1, -0.05) is 6.07 Å². The lowest BCUT2D eigenvalue weighted by molar-refractivity contribution is 0.180. The predicted molar refractivity (Wildman–Crippen MR) is 66.2 cm³/mol. The third-order valence-electron chi connectivity index (χ3n) is 3.38. The van der Waals surface area contributed by atoms with Crippen molar-refractivity contribution in [2.45, 2.75) is 19.3 Å². The molecule has 1 aliphatic rings. The first-order valence-electron chi connectivity index (χ1n) is 6.20. The molecule has 1 aliphatic heterocycles. The van der Waals surface area contributed by atoms with E-state index in [-0.39, 0.29) is 0 Å². The molecule has 3 heteroatoms. The number of aromatic nitrogens is 1. The quantitative estimate of drug-likeness (QED) is 0.830. The SMILES string of the molecule is NCC1CCCN(CCc2cccnc2)C1. The first kappa shape index (κ1) is 11.6. The van der Waals surface area contributed by atoms with Gasteiger partial charge in [-0.15, -0.1) is 0 Å². The second-order valence-corrected chi connectivity index (χ2v) is 4.66. The molecule has 0 radical (unpaired) electrons. The largest absolute Gasteiger partial charge is 0.330 e. The molecule has 1 aromatic heterocycles. The Hall–Kier alpha value is -0.930. The van der Waals surface area contributed by atoms with E-state index in [4.69, 9.17) is 5.73 Å². The molecule has 2 N–H and O–H groups in total. The van der Waals surface area contributed by atoms with Gasteiger partial charge in [0.2, 0.25) is 0 Å². The summed E-state index contributed by atoms with van der Waals surface area (Å²) in [6.45, 7) is 4.39. The number of pyridine rings is 1. The fraction of sp³-hybridized carbons (Fsp3) is 0.615. The molecule has 0 aromatic carbocycles. The fourth-order valence-electron chi connectivity index (χ4n) is 2.38. The van der Waals surface area contributed by atoms with Crippen LogP contribution in [0.1, 0.15) is 18.4 Å². The Bertz CT molecular complexity index is 299. The van der Waals surface area contributed by atoms with Gasteiger partial charge in [0.1, 0.15) is 0 Å². The Kier molecular flexibility index (Phi) is 4.31. The van der Waals surface area contributed by atoms with E-state index in [1.54, 1.807) is 0 Å². The number of nitrogens with zero attached hydrogens (tertiary/aromatic N) is 2. The molecule has 0 aliphatic carbocycles. The molecule has 1 aromatic rings. The summed E-state index contributed by atoms with van der Waals surface area (Å²) >= 11 is 0. The molecule has 0 saturated carbocycles. The van der Waals surface area contributed by atoms with E-state index in [9.17, 15) is 0 Å². The number of nitrogens with two attached hydrogens (primary N) is 1. The van der Waals surface area contributed by atoms with Crippen molar-refractivity contribution in [2.75, 3.05) is 26.2 Å². The molecule has 2 heterocycles. The molecule has 0 bridgehead atoms. The lowest BCUT2D eigenvalue weighted by Crippen LogP contribution is -2.39. The average molecular weight is 219 g/mol. The van der Waals surface area contributed by atoms with E-state index in [2.05, 4.69) is 16.0 Å². The minimum Gasteiger partial charge on any atom is -0.330 e. The summed E-state index contributed by atoms with van der Waals surface area (Å²) in [6.07, 6.45) is 7.50. The smallest absolute Gasteiger partial charge is 0.0300 e. The Morgan fingerprint density at radius 1 is 1.50 bits per heavy atom. The summed E-state index contributed by atoms with van der Waals surface area (Å²) in [5, 5.41) is 0. The Morgan fingerprint density at radius 3 is 3.19 bits per heavy atom. The van der Waals surface area contributed by atoms with Gasteiger partial charge in [-0.3, -0.25) is 4.98 Å². The van der Waals surface area contributed by atoms with Crippen molar-refractivity contribution in [3.05, 3.63) is 30.1 Å². The highest BCUT2D eigenvalue weighted by Crippen LogP contribution is 2.15. The van der Waals surface area contributed by atoms with Gasteiger partial charge < -0.3 is 10.6 Å². The van der Waals surface area contributed by atoms with Gasteiger partial charge in [0.25, 0.3) is 0 Å². The monoisotopic (exact) mass is 219 g/mol. The second-order valence-electron chi connectivity index (χ2n) is 4.66. The van der Waals surface area contributed by atoms with Crippen LogP contribution in [-0.4, -0.2) is 36.1 Å². The highest BCUT2D eigenvalue weighted by Gasteiger charge is 2.17. The molecule has 0 spiro atoms. The summed E-state index contributed by atoms with van der Waals surface area (Å²) in [7, 11) is 0. The molecule has 2 rings (SSSR count). The van der Waals surface area contributed by atoms with Gasteiger partial charge in [0.15, 0.2) is 0 Å². The van der Waals surface area contributed by atoms with Gasteiger partial charge in [0, 0.05) is 25.5 Å². The molecule has 0 amide bonds. The van der Waals surface area contributed by atoms with Gasteiger partial charge in [-0.05, 0) is 49.9 Å². The Morgan fingerprint density at radius 2 is 2.44 bits per heavy atom. The molecule has 1 fully saturated rings. The topological polar surface area (TPSA) is 42.1 Å². The summed E-state index contributed by atoms with van der Waals surface area (Å²) in [4.78, 5) is 6.68. The van der Waals surface area contributed by atoms with Crippen LogP contribution in [0.25, 0.3) is 0 Å². The molecular formula is C13H21N3. The van der Waals surface area contributed by atoms with Crippen LogP contribution in [0.3, 0.4) is 0 Å². The first-order valence-corrected chi connectivity index (χ1v) is 6.20. The van der Waals surface area contributed by atoms with Crippen LogP contribution in [0.2, 0.25) is 0 Å². The van der Waals surface area contributed by atoms with Crippen molar-refractivity contribution in [3.8, 4) is 0 Å². The van der Waals surface area contributed by atoms with E-state index in [0.717, 1.165) is 19.5 Å². The van der Waals surface area contributed by atoms with Gasteiger partial charge in [0.05, 0.1) is 0 Å². The zero-order valence-corrected chi connectivity index (χ0v) is 9.81. The van der Waals surface area contributed by atoms with Crippen LogP contribution in [0.5, 0.6) is 0 Å². The third-order valence-corrected chi connectivity index (χ3v) is 3.38. The normalized spacial score (nSPS) is 22.2. The second kappa shape index (κ2) is 5.97. The van der Waals surface area contributed by atoms with Crippen LogP contribution in [0.15, 0.2) is 24.5 Å². The van der Waals surface area contributed by atoms with Crippen molar-refractivity contribution in [1.82, 2.24) is 9.88 Å². The van der Waals surface area contributed by atoms with E-state index in [1.165, 1.54) is 31.5 Å². The standard InChI is InChI=1S/C13H21N3/c14-9-13-4-2-7-16(11-13)8-5-12-3-1-6-15-10-12/h1,3,6,10,13H,2,4-5,7-9,11,14H2. The molecule has 16 heavy (non-hydrogen) atoms. The lowest BCUT2D eigenvalue weighted by atomic mass is 9.98. The van der Waals surface area contributed by atoms with Crippen LogP contribution in [-0.2, 0) is 6.42 Å². The van der Waals surface area contributed by atoms with Crippen LogP contribution in [0.4, 0.5) is 0 Å². The Labute approximate surface area is 97.7 Å². The maximum atomic E-state index is 5.74. The molecular weight excluding hydrogens is 198 g/mol. The lowest BCUT2D eigenvalue weighted by Gasteiger charge is -2.32. The minimum atomic E-state index is 0.711. The summed E-state index contributed by atoms with van der Waals surface area (Å²) in [5.74, 6) is 0.711. The first-order chi connectivity index (χ1) is 7.88. The van der Waals surface area contributed by atoms with Gasteiger partial charge >= 0.3 is 0 Å². The average Bonchev–Trinajstić information content (AvgIpc) is 2.38. The molecule has 1 atom stereocenters. The molecule has 1 unspecified atom stereocenters. The van der Waals surface area contributed by atoms with E-state index < -0.39 is 0 Å². The number of likely N-dealkylation sites (tertiary alicyclic amines) is 1. The zero-order valence-electron chi connectivity index (χ0n) is 9.81. The number of hydrogen-bond acceptors (Lipinski definition) is 3. The highest BCUT2D eigenvalue weighted by molar-refractivity contribution is 5.08. The summed E-state index contributed by atoms with van der Waals surface area (Å²) in [6, 6.07) is 4.16. The zero-order chi connectivity index (χ0) is 11.2. The third kappa shape index (κ3) is 3.29. The van der Waals surface area contributed by atoms with E-state index in [0.29, 0.717) is 5.92 Å². The van der Waals surface area contributed by atoms with Crippen LogP contribution >= 0.6 is 0 Å². The maximum Gasteiger partial charge on any atom is 0.0300 e. The molecule has 3 nitrogen and oxygen atoms in total. The fourth-order valence-corrected chi connectivity index (χ4v) is 2.38. The van der Waals surface area contributed by atoms with E-state index in [1.807, 2.05) is 18.5 Å². The van der Waals surface area contributed by atoms with E-state index >= 15 is 0 Å². The van der Waals surface area contributed by atoms with Crippen molar-refractivity contribution < 1.29 is 0 Å². The number of rotatable bonds is 4. The predicted octanol–water partition coefficient (Wildman–Crippen LogP) is 1.29. The molecule has 1 saturated heterocycles. The van der Waals surface area contributed by atoms with Crippen LogP contribution in [0, 0.1) is 5.92 Å². The van der Waals surface area contributed by atoms with Crippen molar-refractivity contribution in [1.29, 1.82) is 0 Å². The van der Waals surface area contributed by atoms with Crippen molar-refractivity contribution >= 4 is 0 Å².